The normalized spacial score (nSPS) is 9.18. The summed E-state index contributed by atoms with van der Waals surface area (Å²) in [5.41, 5.74) is 1.61. The van der Waals surface area contributed by atoms with Gasteiger partial charge in [-0.05, 0) is 18.2 Å². The highest BCUT2D eigenvalue weighted by molar-refractivity contribution is 6.03. The average Bonchev–Trinajstić information content (AvgIpc) is 2.82. The Morgan fingerprint density at radius 3 is 2.24 bits per heavy atom. The molecular formula is C15H19NO. The van der Waals surface area contributed by atoms with Crippen LogP contribution in [0.2, 0.25) is 0 Å². The van der Waals surface area contributed by atoms with E-state index in [1.807, 2.05) is 64.1 Å². The Bertz CT molecular complexity index is 519. The third kappa shape index (κ3) is 2.64. The molecule has 0 aliphatic rings. The Hall–Kier alpha value is -1.83. The molecule has 90 valence electrons. The third-order valence-electron chi connectivity index (χ3n) is 2.16. The van der Waals surface area contributed by atoms with Crippen LogP contribution in [-0.2, 0) is 0 Å². The lowest BCUT2D eigenvalue weighted by atomic mass is 10.2. The van der Waals surface area contributed by atoms with E-state index < -0.39 is 0 Å². The third-order valence-corrected chi connectivity index (χ3v) is 2.16. The van der Waals surface area contributed by atoms with E-state index in [4.69, 9.17) is 4.42 Å². The highest BCUT2D eigenvalue weighted by Crippen LogP contribution is 2.25. The molecule has 0 radical (unpaired) electrons. The van der Waals surface area contributed by atoms with Crippen LogP contribution >= 0.6 is 0 Å². The fourth-order valence-electron chi connectivity index (χ4n) is 1.56. The Labute approximate surface area is 102 Å². The van der Waals surface area contributed by atoms with Crippen LogP contribution in [0.5, 0.6) is 0 Å². The van der Waals surface area contributed by atoms with Crippen LogP contribution in [0, 0.1) is 0 Å². The van der Waals surface area contributed by atoms with E-state index in [9.17, 15) is 0 Å². The number of benzene rings is 1. The van der Waals surface area contributed by atoms with Gasteiger partial charge < -0.3 is 4.42 Å². The zero-order chi connectivity index (χ0) is 12.7. The summed E-state index contributed by atoms with van der Waals surface area (Å²) in [7, 11) is 0. The van der Waals surface area contributed by atoms with Gasteiger partial charge in [-0.2, -0.15) is 0 Å². The van der Waals surface area contributed by atoms with Crippen LogP contribution < -0.4 is 0 Å². The first-order valence-corrected chi connectivity index (χ1v) is 6.17. The Morgan fingerprint density at radius 2 is 1.47 bits per heavy atom. The monoisotopic (exact) mass is 229 g/mol. The number of rotatable bonds is 0. The SMILES string of the molecule is CC.CC.c1ccc2c(c1)oc1ncccc12. The van der Waals surface area contributed by atoms with Gasteiger partial charge in [-0.3, -0.25) is 0 Å². The van der Waals surface area contributed by atoms with Crippen molar-refractivity contribution in [3.63, 3.8) is 0 Å². The Balaban J connectivity index is 0.000000330. The van der Waals surface area contributed by atoms with E-state index in [0.717, 1.165) is 16.4 Å². The van der Waals surface area contributed by atoms with Gasteiger partial charge in [0.25, 0.3) is 0 Å². The van der Waals surface area contributed by atoms with Crippen molar-refractivity contribution in [1.29, 1.82) is 0 Å². The molecule has 0 atom stereocenters. The van der Waals surface area contributed by atoms with E-state index in [2.05, 4.69) is 4.98 Å². The average molecular weight is 229 g/mol. The molecule has 2 aromatic heterocycles. The van der Waals surface area contributed by atoms with E-state index in [1.54, 1.807) is 6.20 Å². The van der Waals surface area contributed by atoms with Gasteiger partial charge in [-0.1, -0.05) is 45.9 Å². The minimum absolute atomic E-state index is 0.712. The van der Waals surface area contributed by atoms with Crippen molar-refractivity contribution >= 4 is 22.1 Å². The fraction of sp³-hybridized carbons (Fsp3) is 0.267. The molecule has 0 spiro atoms. The van der Waals surface area contributed by atoms with Crippen LogP contribution in [0.15, 0.2) is 47.0 Å². The number of nitrogens with zero attached hydrogens (tertiary/aromatic N) is 1. The van der Waals surface area contributed by atoms with Crippen LogP contribution in [-0.4, -0.2) is 4.98 Å². The summed E-state index contributed by atoms with van der Waals surface area (Å²) in [5.74, 6) is 0. The second-order valence-corrected chi connectivity index (χ2v) is 2.95. The molecule has 0 bridgehead atoms. The molecule has 2 heterocycles. The lowest BCUT2D eigenvalue weighted by Gasteiger charge is -1.84. The summed E-state index contributed by atoms with van der Waals surface area (Å²) in [4.78, 5) is 4.15. The molecule has 2 heteroatoms. The molecule has 17 heavy (non-hydrogen) atoms. The number of fused-ring (bicyclic) bond motifs is 3. The fourth-order valence-corrected chi connectivity index (χ4v) is 1.56. The summed E-state index contributed by atoms with van der Waals surface area (Å²) in [6, 6.07) is 11.9. The van der Waals surface area contributed by atoms with Gasteiger partial charge in [0.05, 0.1) is 0 Å². The number of para-hydroxylation sites is 1. The minimum Gasteiger partial charge on any atom is -0.438 e. The summed E-state index contributed by atoms with van der Waals surface area (Å²) in [6.07, 6.45) is 1.74. The van der Waals surface area contributed by atoms with Crippen molar-refractivity contribution in [2.75, 3.05) is 0 Å². The van der Waals surface area contributed by atoms with Crippen LogP contribution in [0.1, 0.15) is 27.7 Å². The lowest BCUT2D eigenvalue weighted by molar-refractivity contribution is 0.654. The van der Waals surface area contributed by atoms with Crippen molar-refractivity contribution < 1.29 is 4.42 Å². The second kappa shape index (κ2) is 6.69. The van der Waals surface area contributed by atoms with Gasteiger partial charge in [0.15, 0.2) is 0 Å². The maximum atomic E-state index is 5.54. The topological polar surface area (TPSA) is 26.0 Å². The van der Waals surface area contributed by atoms with E-state index in [0.29, 0.717) is 5.71 Å². The molecule has 0 saturated heterocycles. The Morgan fingerprint density at radius 1 is 0.824 bits per heavy atom. The van der Waals surface area contributed by atoms with Crippen molar-refractivity contribution in [1.82, 2.24) is 4.98 Å². The predicted molar refractivity (Wildman–Crippen MR) is 74.2 cm³/mol. The first-order valence-electron chi connectivity index (χ1n) is 6.17. The predicted octanol–water partition coefficient (Wildman–Crippen LogP) is 5.03. The van der Waals surface area contributed by atoms with Crippen molar-refractivity contribution in [3.8, 4) is 0 Å². The maximum Gasteiger partial charge on any atom is 0.227 e. The molecule has 2 nitrogen and oxygen atoms in total. The number of hydrogen-bond acceptors (Lipinski definition) is 2. The van der Waals surface area contributed by atoms with Gasteiger partial charge in [0.1, 0.15) is 5.58 Å². The number of hydrogen-bond donors (Lipinski definition) is 0. The molecule has 0 unspecified atom stereocenters. The van der Waals surface area contributed by atoms with Crippen LogP contribution in [0.3, 0.4) is 0 Å². The van der Waals surface area contributed by atoms with E-state index in [1.165, 1.54) is 0 Å². The second-order valence-electron chi connectivity index (χ2n) is 2.95. The highest BCUT2D eigenvalue weighted by atomic mass is 16.3. The van der Waals surface area contributed by atoms with Gasteiger partial charge >= 0.3 is 0 Å². The maximum absolute atomic E-state index is 5.54. The molecule has 0 amide bonds. The smallest absolute Gasteiger partial charge is 0.227 e. The largest absolute Gasteiger partial charge is 0.438 e. The van der Waals surface area contributed by atoms with Crippen LogP contribution in [0.4, 0.5) is 0 Å². The first-order chi connectivity index (χ1) is 8.45. The van der Waals surface area contributed by atoms with Crippen molar-refractivity contribution in [2.45, 2.75) is 27.7 Å². The molecule has 0 aliphatic carbocycles. The van der Waals surface area contributed by atoms with E-state index >= 15 is 0 Å². The Kier molecular flexibility index (Phi) is 5.21. The van der Waals surface area contributed by atoms with Gasteiger partial charge in [-0.25, -0.2) is 4.98 Å². The lowest BCUT2D eigenvalue weighted by Crippen LogP contribution is -1.68. The number of aromatic nitrogens is 1. The molecule has 0 fully saturated rings. The molecule has 3 rings (SSSR count). The summed E-state index contributed by atoms with van der Waals surface area (Å²) in [5, 5.41) is 2.21. The zero-order valence-electron chi connectivity index (χ0n) is 10.9. The molecule has 0 saturated carbocycles. The van der Waals surface area contributed by atoms with E-state index in [-0.39, 0.29) is 0 Å². The standard InChI is InChI=1S/C11H7NO.2C2H6/c1-2-6-10-8(4-1)9-5-3-7-12-11(9)13-10;2*1-2/h1-7H;2*1-2H3. The molecule has 0 aliphatic heterocycles. The zero-order valence-corrected chi connectivity index (χ0v) is 10.9. The quantitative estimate of drug-likeness (QED) is 0.540. The van der Waals surface area contributed by atoms with Gasteiger partial charge in [-0.15, -0.1) is 0 Å². The molecule has 0 N–H and O–H groups in total. The van der Waals surface area contributed by atoms with Crippen molar-refractivity contribution in [2.24, 2.45) is 0 Å². The molecule has 1 aromatic carbocycles. The summed E-state index contributed by atoms with van der Waals surface area (Å²) >= 11 is 0. The summed E-state index contributed by atoms with van der Waals surface area (Å²) < 4.78 is 5.54. The first kappa shape index (κ1) is 13.2. The highest BCUT2D eigenvalue weighted by Gasteiger charge is 2.04. The summed E-state index contributed by atoms with van der Waals surface area (Å²) in [6.45, 7) is 8.00. The number of furan rings is 1. The molecular weight excluding hydrogens is 210 g/mol. The number of pyridine rings is 1. The minimum atomic E-state index is 0.712. The van der Waals surface area contributed by atoms with Crippen LogP contribution in [0.25, 0.3) is 22.1 Å². The van der Waals surface area contributed by atoms with Crippen molar-refractivity contribution in [3.05, 3.63) is 42.6 Å². The van der Waals surface area contributed by atoms with Gasteiger partial charge in [0.2, 0.25) is 5.71 Å². The molecule has 3 aromatic rings. The van der Waals surface area contributed by atoms with Gasteiger partial charge in [0, 0.05) is 17.0 Å².